The monoisotopic (exact) mass is 520 g/mol. The summed E-state index contributed by atoms with van der Waals surface area (Å²) in [5.74, 6) is -22.6. The number of ether oxygens (including phenoxy) is 2. The molecule has 3 atom stereocenters. The summed E-state index contributed by atoms with van der Waals surface area (Å²) in [6.07, 6.45) is -14.9. The average Bonchev–Trinajstić information content (AvgIpc) is 2.68. The van der Waals surface area contributed by atoms with Gasteiger partial charge in [-0.3, -0.25) is 4.79 Å². The van der Waals surface area contributed by atoms with E-state index in [4.69, 9.17) is 0 Å². The van der Waals surface area contributed by atoms with Gasteiger partial charge in [0.2, 0.25) is 5.60 Å². The highest BCUT2D eigenvalue weighted by atomic mass is 19.4. The summed E-state index contributed by atoms with van der Waals surface area (Å²) >= 11 is 0. The first-order valence-electron chi connectivity index (χ1n) is 10.5. The van der Waals surface area contributed by atoms with Gasteiger partial charge < -0.3 is 14.6 Å². The zero-order valence-electron chi connectivity index (χ0n) is 18.8. The number of hydrogen-bond acceptors (Lipinski definition) is 4. The molecule has 2 aliphatic rings. The summed E-state index contributed by atoms with van der Waals surface area (Å²) in [4.78, 5) is 12.4. The van der Waals surface area contributed by atoms with Gasteiger partial charge in [0.05, 0.1) is 5.41 Å². The highest BCUT2D eigenvalue weighted by Gasteiger charge is 2.96. The molecule has 1 aliphatic carbocycles. The lowest BCUT2D eigenvalue weighted by molar-refractivity contribution is -0.562. The van der Waals surface area contributed by atoms with Crippen molar-refractivity contribution in [3.8, 4) is 0 Å². The molecule has 4 nitrogen and oxygen atoms in total. The molecule has 0 radical (unpaired) electrons. The van der Waals surface area contributed by atoms with Gasteiger partial charge in [-0.1, -0.05) is 26.2 Å². The maximum Gasteiger partial charge on any atom is 0.462 e. The third-order valence-corrected chi connectivity index (χ3v) is 7.05. The molecule has 2 fully saturated rings. The fraction of sp³-hybridized carbons (Fsp3) is 0.950. The molecule has 200 valence electrons. The van der Waals surface area contributed by atoms with Crippen molar-refractivity contribution in [2.45, 2.75) is 107 Å². The first kappa shape index (κ1) is 28.9. The number of esters is 1. The summed E-state index contributed by atoms with van der Waals surface area (Å²) in [5.41, 5.74) is -12.5. The van der Waals surface area contributed by atoms with Crippen molar-refractivity contribution in [2.24, 2.45) is 11.3 Å². The molecular weight excluding hydrogens is 494 g/mol. The number of carbonyl (C=O) groups excluding carboxylic acids is 1. The van der Waals surface area contributed by atoms with E-state index in [1.807, 2.05) is 0 Å². The minimum absolute atomic E-state index is 0.137. The van der Waals surface area contributed by atoms with E-state index in [-0.39, 0.29) is 25.7 Å². The topological polar surface area (TPSA) is 55.8 Å². The number of alkyl halides is 10. The Balaban J connectivity index is 2.97. The molecule has 34 heavy (non-hydrogen) atoms. The van der Waals surface area contributed by atoms with E-state index < -0.39 is 78.3 Å². The Morgan fingerprint density at radius 2 is 1.41 bits per heavy atom. The van der Waals surface area contributed by atoms with E-state index >= 15 is 17.6 Å². The van der Waals surface area contributed by atoms with E-state index in [0.29, 0.717) is 0 Å². The molecule has 0 aromatic heterocycles. The van der Waals surface area contributed by atoms with Crippen molar-refractivity contribution in [2.75, 3.05) is 0 Å². The normalized spacial score (nSPS) is 35.1. The highest BCUT2D eigenvalue weighted by molar-refractivity contribution is 5.76. The Bertz CT molecular complexity index is 783. The Hall–Kier alpha value is -1.31. The van der Waals surface area contributed by atoms with Crippen LogP contribution in [0, 0.1) is 11.3 Å². The van der Waals surface area contributed by atoms with Crippen LogP contribution < -0.4 is 0 Å². The molecule has 0 aromatic rings. The first-order chi connectivity index (χ1) is 15.0. The third-order valence-electron chi connectivity index (χ3n) is 7.05. The van der Waals surface area contributed by atoms with E-state index in [1.165, 1.54) is 6.92 Å². The van der Waals surface area contributed by atoms with Gasteiger partial charge in [-0.2, -0.15) is 43.9 Å². The Morgan fingerprint density at radius 1 is 0.941 bits per heavy atom. The van der Waals surface area contributed by atoms with Crippen molar-refractivity contribution < 1.29 is 63.3 Å². The van der Waals surface area contributed by atoms with Crippen LogP contribution in [0.5, 0.6) is 0 Å². The predicted octanol–water partition coefficient (Wildman–Crippen LogP) is 6.16. The molecule has 0 amide bonds. The standard InChI is InChI=1S/C20H26F10O4/c1-5-13(2,3)12(31)33-18(20(28,29)30)17(23,24)14(4,32)16(21,22)15(34-18,19(25,26)27)11-9-7-6-8-10-11/h11,32H,5-10H2,1-4H3. The summed E-state index contributed by atoms with van der Waals surface area (Å²) in [6, 6.07) is 0. The Labute approximate surface area is 188 Å². The predicted molar refractivity (Wildman–Crippen MR) is 95.9 cm³/mol. The second kappa shape index (κ2) is 8.10. The van der Waals surface area contributed by atoms with Crippen LogP contribution in [0.25, 0.3) is 0 Å². The lowest BCUT2D eigenvalue weighted by Gasteiger charge is -2.61. The number of hydrogen-bond donors (Lipinski definition) is 1. The van der Waals surface area contributed by atoms with Crippen molar-refractivity contribution in [3.05, 3.63) is 0 Å². The molecule has 0 spiro atoms. The molecule has 0 bridgehead atoms. The molecule has 3 unspecified atom stereocenters. The van der Waals surface area contributed by atoms with Crippen LogP contribution in [-0.4, -0.2) is 52.3 Å². The van der Waals surface area contributed by atoms with Gasteiger partial charge in [-0.25, -0.2) is 0 Å². The van der Waals surface area contributed by atoms with E-state index in [1.54, 1.807) is 0 Å². The number of carbonyl (C=O) groups is 1. The van der Waals surface area contributed by atoms with Crippen LogP contribution >= 0.6 is 0 Å². The lowest BCUT2D eigenvalue weighted by Crippen LogP contribution is -2.88. The minimum atomic E-state index is -6.67. The van der Waals surface area contributed by atoms with Gasteiger partial charge in [0.15, 0.2) is 5.60 Å². The number of halogens is 10. The molecule has 1 heterocycles. The van der Waals surface area contributed by atoms with Gasteiger partial charge >= 0.3 is 36.0 Å². The van der Waals surface area contributed by atoms with Crippen LogP contribution in [0.1, 0.15) is 66.2 Å². The summed E-state index contributed by atoms with van der Waals surface area (Å²) < 4.78 is 155. The summed E-state index contributed by atoms with van der Waals surface area (Å²) in [5, 5.41) is 10.2. The van der Waals surface area contributed by atoms with Crippen molar-refractivity contribution in [3.63, 3.8) is 0 Å². The van der Waals surface area contributed by atoms with Crippen LogP contribution in [0.15, 0.2) is 0 Å². The zero-order chi connectivity index (χ0) is 26.8. The van der Waals surface area contributed by atoms with Crippen LogP contribution in [0.3, 0.4) is 0 Å². The third kappa shape index (κ3) is 3.60. The van der Waals surface area contributed by atoms with Crippen molar-refractivity contribution in [1.82, 2.24) is 0 Å². The molecule has 1 aliphatic heterocycles. The maximum atomic E-state index is 15.4. The smallest absolute Gasteiger partial charge is 0.417 e. The molecule has 0 aromatic carbocycles. The fourth-order valence-corrected chi connectivity index (χ4v) is 4.34. The van der Waals surface area contributed by atoms with E-state index in [0.717, 1.165) is 13.8 Å². The second-order valence-corrected chi connectivity index (χ2v) is 9.63. The molecule has 1 N–H and O–H groups in total. The Kier molecular flexibility index (Phi) is 6.89. The summed E-state index contributed by atoms with van der Waals surface area (Å²) in [6.45, 7) is 2.60. The van der Waals surface area contributed by atoms with Crippen LogP contribution in [-0.2, 0) is 14.3 Å². The van der Waals surface area contributed by atoms with E-state index in [2.05, 4.69) is 9.47 Å². The molecule has 1 saturated carbocycles. The van der Waals surface area contributed by atoms with Gasteiger partial charge in [0.25, 0.3) is 0 Å². The van der Waals surface area contributed by atoms with Crippen molar-refractivity contribution in [1.29, 1.82) is 0 Å². The minimum Gasteiger partial charge on any atom is -0.417 e. The first-order valence-corrected chi connectivity index (χ1v) is 10.5. The second-order valence-electron chi connectivity index (χ2n) is 9.63. The molecule has 14 heteroatoms. The van der Waals surface area contributed by atoms with E-state index in [9.17, 15) is 36.2 Å². The molecule has 1 saturated heterocycles. The summed E-state index contributed by atoms with van der Waals surface area (Å²) in [7, 11) is 0. The van der Waals surface area contributed by atoms with Gasteiger partial charge in [-0.15, -0.1) is 0 Å². The van der Waals surface area contributed by atoms with Crippen LogP contribution in [0.4, 0.5) is 43.9 Å². The van der Waals surface area contributed by atoms with Gasteiger partial charge in [-0.05, 0) is 40.0 Å². The highest BCUT2D eigenvalue weighted by Crippen LogP contribution is 2.69. The number of rotatable bonds is 4. The molecule has 2 rings (SSSR count). The SMILES string of the molecule is CCC(C)(C)C(=O)OC1(C(F)(F)F)OC(C2CCCCC2)(C(F)(F)F)C(F)(F)C(C)(O)C1(F)F. The van der Waals surface area contributed by atoms with Gasteiger partial charge in [0.1, 0.15) is 0 Å². The largest absolute Gasteiger partial charge is 0.462 e. The Morgan fingerprint density at radius 3 is 1.79 bits per heavy atom. The molecular formula is C20H26F10O4. The maximum absolute atomic E-state index is 15.4. The lowest BCUT2D eigenvalue weighted by atomic mass is 9.64. The van der Waals surface area contributed by atoms with Crippen molar-refractivity contribution >= 4 is 5.97 Å². The number of aliphatic hydroxyl groups is 1. The van der Waals surface area contributed by atoms with Crippen LogP contribution in [0.2, 0.25) is 0 Å². The fourth-order valence-electron chi connectivity index (χ4n) is 4.34. The van der Waals surface area contributed by atoms with Gasteiger partial charge in [0, 0.05) is 5.92 Å². The quantitative estimate of drug-likeness (QED) is 0.357. The average molecular weight is 520 g/mol. The zero-order valence-corrected chi connectivity index (χ0v) is 18.8.